The van der Waals surface area contributed by atoms with Crippen LogP contribution in [0.2, 0.25) is 0 Å². The molecule has 0 fully saturated rings. The third kappa shape index (κ3) is 2.81. The summed E-state index contributed by atoms with van der Waals surface area (Å²) in [4.78, 5) is 13.3. The number of nitrogens with one attached hydrogen (secondary N) is 1. The molecule has 0 saturated heterocycles. The van der Waals surface area contributed by atoms with E-state index in [2.05, 4.69) is 11.4 Å². The van der Waals surface area contributed by atoms with Crippen molar-refractivity contribution in [3.63, 3.8) is 0 Å². The topological polar surface area (TPSA) is 75.3 Å². The first-order valence-electron chi connectivity index (χ1n) is 5.48. The summed E-state index contributed by atoms with van der Waals surface area (Å²) in [5.41, 5.74) is 7.24. The number of nitrogens with two attached hydrogens (primary N) is 1. The summed E-state index contributed by atoms with van der Waals surface area (Å²) < 4.78 is 0. The molecule has 0 saturated carbocycles. The van der Waals surface area contributed by atoms with Gasteiger partial charge in [0.25, 0.3) is 0 Å². The van der Waals surface area contributed by atoms with Crippen LogP contribution >= 0.6 is 11.3 Å². The fourth-order valence-corrected chi connectivity index (χ4v) is 2.43. The Balaban J connectivity index is 2.13. The lowest BCUT2D eigenvalue weighted by atomic mass is 10.1. The van der Waals surface area contributed by atoms with Crippen molar-refractivity contribution in [2.75, 3.05) is 11.1 Å². The number of aryl methyl sites for hydroxylation is 1. The van der Waals surface area contributed by atoms with Crippen LogP contribution in [0.25, 0.3) is 0 Å². The lowest BCUT2D eigenvalue weighted by Gasteiger charge is -2.09. The van der Waals surface area contributed by atoms with Gasteiger partial charge in [-0.25, -0.2) is 4.79 Å². The molecule has 0 atom stereocenters. The average molecular weight is 262 g/mol. The van der Waals surface area contributed by atoms with Gasteiger partial charge in [0.15, 0.2) is 0 Å². The highest BCUT2D eigenvalue weighted by Crippen LogP contribution is 2.22. The number of nitrogen functional groups attached to an aromatic ring is 1. The Morgan fingerprint density at radius 2 is 2.17 bits per heavy atom. The van der Waals surface area contributed by atoms with E-state index in [1.54, 1.807) is 23.5 Å². The largest absolute Gasteiger partial charge is 0.478 e. The molecule has 0 aliphatic rings. The van der Waals surface area contributed by atoms with Crippen LogP contribution in [0.3, 0.4) is 0 Å². The predicted octanol–water partition coefficient (Wildman–Crippen LogP) is 2.95. The lowest BCUT2D eigenvalue weighted by Crippen LogP contribution is -2.04. The van der Waals surface area contributed by atoms with Crippen molar-refractivity contribution in [1.82, 2.24) is 0 Å². The van der Waals surface area contributed by atoms with E-state index in [0.29, 0.717) is 17.9 Å². The molecule has 0 radical (unpaired) electrons. The standard InChI is InChI=1S/C13H14N2O2S/c1-8-2-4-10(18-8)7-15-12-6-9(13(16)17)3-5-11(12)14/h2-6,15H,7,14H2,1H3,(H,16,17). The Labute approximate surface area is 109 Å². The molecular formula is C13H14N2O2S. The van der Waals surface area contributed by atoms with E-state index in [9.17, 15) is 4.79 Å². The van der Waals surface area contributed by atoms with Crippen LogP contribution in [0.4, 0.5) is 11.4 Å². The molecule has 0 bridgehead atoms. The highest BCUT2D eigenvalue weighted by Gasteiger charge is 2.06. The number of rotatable bonds is 4. The van der Waals surface area contributed by atoms with Gasteiger partial charge in [-0.05, 0) is 37.3 Å². The SMILES string of the molecule is Cc1ccc(CNc2cc(C(=O)O)ccc2N)s1. The Morgan fingerprint density at radius 3 is 2.78 bits per heavy atom. The van der Waals surface area contributed by atoms with E-state index in [-0.39, 0.29) is 5.56 Å². The van der Waals surface area contributed by atoms with E-state index >= 15 is 0 Å². The van der Waals surface area contributed by atoms with Crippen molar-refractivity contribution >= 4 is 28.7 Å². The van der Waals surface area contributed by atoms with Crippen molar-refractivity contribution in [2.45, 2.75) is 13.5 Å². The Bertz CT molecular complexity index is 578. The second kappa shape index (κ2) is 5.10. The molecular weight excluding hydrogens is 248 g/mol. The maximum atomic E-state index is 10.9. The van der Waals surface area contributed by atoms with Gasteiger partial charge in [-0.2, -0.15) is 0 Å². The molecule has 1 aromatic heterocycles. The number of carboxylic acid groups (broad SMARTS) is 1. The van der Waals surface area contributed by atoms with Crippen LogP contribution in [-0.4, -0.2) is 11.1 Å². The van der Waals surface area contributed by atoms with Crippen molar-refractivity contribution in [3.05, 3.63) is 45.6 Å². The van der Waals surface area contributed by atoms with Crippen LogP contribution in [0.1, 0.15) is 20.1 Å². The summed E-state index contributed by atoms with van der Waals surface area (Å²) in [5, 5.41) is 12.1. The Hall–Kier alpha value is -2.01. The van der Waals surface area contributed by atoms with Crippen molar-refractivity contribution in [2.24, 2.45) is 0 Å². The second-order valence-corrected chi connectivity index (χ2v) is 5.35. The zero-order valence-electron chi connectivity index (χ0n) is 9.93. The molecule has 2 rings (SSSR count). The summed E-state index contributed by atoms with van der Waals surface area (Å²) >= 11 is 1.70. The van der Waals surface area contributed by atoms with Gasteiger partial charge in [-0.1, -0.05) is 0 Å². The maximum Gasteiger partial charge on any atom is 0.335 e. The van der Waals surface area contributed by atoms with Crippen LogP contribution in [-0.2, 0) is 6.54 Å². The first kappa shape index (κ1) is 12.4. The number of hydrogen-bond acceptors (Lipinski definition) is 4. The number of thiophene rings is 1. The monoisotopic (exact) mass is 262 g/mol. The maximum absolute atomic E-state index is 10.9. The summed E-state index contributed by atoms with van der Waals surface area (Å²) in [6.45, 7) is 2.69. The van der Waals surface area contributed by atoms with Crippen molar-refractivity contribution in [1.29, 1.82) is 0 Å². The third-order valence-electron chi connectivity index (χ3n) is 2.55. The molecule has 18 heavy (non-hydrogen) atoms. The van der Waals surface area contributed by atoms with Gasteiger partial charge in [-0.15, -0.1) is 11.3 Å². The molecule has 94 valence electrons. The van der Waals surface area contributed by atoms with Crippen LogP contribution < -0.4 is 11.1 Å². The summed E-state index contributed by atoms with van der Waals surface area (Å²) in [7, 11) is 0. The molecule has 1 heterocycles. The van der Waals surface area contributed by atoms with E-state index in [4.69, 9.17) is 10.8 Å². The summed E-state index contributed by atoms with van der Waals surface area (Å²) in [5.74, 6) is -0.954. The molecule has 1 aromatic carbocycles. The predicted molar refractivity (Wildman–Crippen MR) is 74.2 cm³/mol. The van der Waals surface area contributed by atoms with Crippen LogP contribution in [0, 0.1) is 6.92 Å². The molecule has 0 aliphatic carbocycles. The van der Waals surface area contributed by atoms with Crippen LogP contribution in [0.15, 0.2) is 30.3 Å². The van der Waals surface area contributed by atoms with E-state index in [0.717, 1.165) is 0 Å². The van der Waals surface area contributed by atoms with Gasteiger partial charge >= 0.3 is 5.97 Å². The molecule has 0 unspecified atom stereocenters. The van der Waals surface area contributed by atoms with E-state index in [1.165, 1.54) is 15.8 Å². The normalized spacial score (nSPS) is 10.3. The summed E-state index contributed by atoms with van der Waals surface area (Å²) in [6.07, 6.45) is 0. The second-order valence-electron chi connectivity index (χ2n) is 3.97. The third-order valence-corrected chi connectivity index (χ3v) is 3.55. The van der Waals surface area contributed by atoms with Gasteiger partial charge in [0, 0.05) is 16.3 Å². The first-order chi connectivity index (χ1) is 8.56. The fourth-order valence-electron chi connectivity index (χ4n) is 1.60. The molecule has 0 aliphatic heterocycles. The van der Waals surface area contributed by atoms with Crippen LogP contribution in [0.5, 0.6) is 0 Å². The smallest absolute Gasteiger partial charge is 0.335 e. The zero-order valence-corrected chi connectivity index (χ0v) is 10.8. The number of anilines is 2. The van der Waals surface area contributed by atoms with E-state index in [1.807, 2.05) is 13.0 Å². The number of hydrogen-bond donors (Lipinski definition) is 3. The van der Waals surface area contributed by atoms with Crippen molar-refractivity contribution in [3.8, 4) is 0 Å². The minimum Gasteiger partial charge on any atom is -0.478 e. The van der Waals surface area contributed by atoms with Crippen molar-refractivity contribution < 1.29 is 9.90 Å². The lowest BCUT2D eigenvalue weighted by molar-refractivity contribution is 0.0697. The molecule has 4 nitrogen and oxygen atoms in total. The molecule has 5 heteroatoms. The molecule has 0 amide bonds. The minimum absolute atomic E-state index is 0.231. The molecule has 2 aromatic rings. The first-order valence-corrected chi connectivity index (χ1v) is 6.30. The number of benzene rings is 1. The Kier molecular flexibility index (Phi) is 3.53. The highest BCUT2D eigenvalue weighted by molar-refractivity contribution is 7.11. The van der Waals surface area contributed by atoms with Gasteiger partial charge < -0.3 is 16.2 Å². The number of carbonyl (C=O) groups is 1. The number of aromatic carboxylic acids is 1. The Morgan fingerprint density at radius 1 is 1.39 bits per heavy atom. The minimum atomic E-state index is -0.954. The van der Waals surface area contributed by atoms with Gasteiger partial charge in [-0.3, -0.25) is 0 Å². The fraction of sp³-hybridized carbons (Fsp3) is 0.154. The van der Waals surface area contributed by atoms with E-state index < -0.39 is 5.97 Å². The zero-order chi connectivity index (χ0) is 13.1. The number of carboxylic acids is 1. The van der Waals surface area contributed by atoms with Gasteiger partial charge in [0.1, 0.15) is 0 Å². The molecule has 4 N–H and O–H groups in total. The average Bonchev–Trinajstić information content (AvgIpc) is 2.74. The van der Waals surface area contributed by atoms with Gasteiger partial charge in [0.2, 0.25) is 0 Å². The molecule has 0 spiro atoms. The quantitative estimate of drug-likeness (QED) is 0.740. The highest BCUT2D eigenvalue weighted by atomic mass is 32.1. The van der Waals surface area contributed by atoms with Gasteiger partial charge in [0.05, 0.1) is 16.9 Å². The summed E-state index contributed by atoms with van der Waals surface area (Å²) in [6, 6.07) is 8.75.